The van der Waals surface area contributed by atoms with Crippen molar-refractivity contribution in [2.45, 2.75) is 52.5 Å². The van der Waals surface area contributed by atoms with E-state index in [0.29, 0.717) is 5.56 Å². The van der Waals surface area contributed by atoms with Gasteiger partial charge in [-0.2, -0.15) is 0 Å². The number of aromatic hydroxyl groups is 1. The van der Waals surface area contributed by atoms with Crippen molar-refractivity contribution in [1.82, 2.24) is 4.57 Å². The molecule has 1 aromatic carbocycles. The van der Waals surface area contributed by atoms with Crippen molar-refractivity contribution in [1.29, 1.82) is 0 Å². The van der Waals surface area contributed by atoms with Crippen LogP contribution in [0.2, 0.25) is 0 Å². The van der Waals surface area contributed by atoms with Gasteiger partial charge in [-0.3, -0.25) is 4.79 Å². The maximum Gasteiger partial charge on any atom is 0.251 e. The average Bonchev–Trinajstić information content (AvgIpc) is 3.28. The lowest BCUT2D eigenvalue weighted by Crippen LogP contribution is -2.13. The number of phenols is 1. The molecule has 0 spiro atoms. The molecule has 28 heavy (non-hydrogen) atoms. The summed E-state index contributed by atoms with van der Waals surface area (Å²) in [5.74, 6) is -0.0850. The van der Waals surface area contributed by atoms with Gasteiger partial charge < -0.3 is 15.4 Å². The molecule has 3 aromatic rings. The van der Waals surface area contributed by atoms with Crippen molar-refractivity contribution in [3.8, 4) is 16.2 Å². The molecule has 0 unspecified atom stereocenters. The molecule has 0 aliphatic rings. The Kier molecular flexibility index (Phi) is 6.57. The predicted octanol–water partition coefficient (Wildman–Crippen LogP) is 5.30. The molecule has 3 rings (SSSR count). The normalized spacial score (nSPS) is 11.1. The summed E-state index contributed by atoms with van der Waals surface area (Å²) in [6.07, 6.45) is 5.18. The number of phenolic OH excluding ortho intramolecular Hbond substituents is 1. The molecule has 4 nitrogen and oxygen atoms in total. The Morgan fingerprint density at radius 3 is 2.50 bits per heavy atom. The van der Waals surface area contributed by atoms with E-state index in [1.165, 1.54) is 5.69 Å². The zero-order valence-electron chi connectivity index (χ0n) is 16.6. The monoisotopic (exact) mass is 396 g/mol. The SMILES string of the molecule is CCCCCc1c(-c2cccs2)c(C(N)=O)c(C)n1CCc1ccc(O)cc1. The van der Waals surface area contributed by atoms with Crippen LogP contribution in [0, 0.1) is 6.92 Å². The van der Waals surface area contributed by atoms with Crippen LogP contribution in [0.1, 0.15) is 53.5 Å². The van der Waals surface area contributed by atoms with Gasteiger partial charge in [0.15, 0.2) is 0 Å². The first-order valence-corrected chi connectivity index (χ1v) is 10.7. The number of aryl methyl sites for hydroxylation is 1. The number of aromatic nitrogens is 1. The second kappa shape index (κ2) is 9.11. The number of nitrogens with two attached hydrogens (primary N) is 1. The third-order valence-corrected chi connectivity index (χ3v) is 6.11. The maximum atomic E-state index is 12.3. The smallest absolute Gasteiger partial charge is 0.251 e. The summed E-state index contributed by atoms with van der Waals surface area (Å²) < 4.78 is 2.28. The zero-order chi connectivity index (χ0) is 20.1. The largest absolute Gasteiger partial charge is 0.508 e. The number of nitrogens with zero attached hydrogens (tertiary/aromatic N) is 1. The van der Waals surface area contributed by atoms with E-state index < -0.39 is 0 Å². The number of unbranched alkanes of at least 4 members (excludes halogenated alkanes) is 2. The van der Waals surface area contributed by atoms with Crippen molar-refractivity contribution in [3.63, 3.8) is 0 Å². The molecule has 0 aliphatic carbocycles. The Morgan fingerprint density at radius 1 is 1.14 bits per heavy atom. The van der Waals surface area contributed by atoms with Gasteiger partial charge in [-0.1, -0.05) is 38.0 Å². The number of hydrogen-bond acceptors (Lipinski definition) is 3. The standard InChI is InChI=1S/C23H28N2O2S/c1-3-4-5-7-19-22(20-8-6-15-28-20)21(23(24)27)16(2)25(19)14-13-17-9-11-18(26)12-10-17/h6,8-12,15,26H,3-5,7,13-14H2,1-2H3,(H2,24,27). The fraction of sp³-hybridized carbons (Fsp3) is 0.348. The Labute approximate surface area is 170 Å². The Bertz CT molecular complexity index is 925. The first kappa shape index (κ1) is 20.2. The molecule has 0 fully saturated rings. The number of rotatable bonds is 9. The van der Waals surface area contributed by atoms with E-state index in [4.69, 9.17) is 5.73 Å². The number of amides is 1. The van der Waals surface area contributed by atoms with Crippen LogP contribution in [0.4, 0.5) is 0 Å². The van der Waals surface area contributed by atoms with Crippen molar-refractivity contribution in [2.75, 3.05) is 0 Å². The van der Waals surface area contributed by atoms with E-state index in [9.17, 15) is 9.90 Å². The van der Waals surface area contributed by atoms with E-state index in [-0.39, 0.29) is 11.7 Å². The minimum atomic E-state index is -0.360. The molecule has 0 aliphatic heterocycles. The fourth-order valence-corrected chi connectivity index (χ4v) is 4.59. The van der Waals surface area contributed by atoms with Gasteiger partial charge in [0.1, 0.15) is 5.75 Å². The molecular formula is C23H28N2O2S. The molecule has 0 saturated heterocycles. The van der Waals surface area contributed by atoms with Gasteiger partial charge in [-0.25, -0.2) is 0 Å². The van der Waals surface area contributed by atoms with Crippen molar-refractivity contribution < 1.29 is 9.90 Å². The average molecular weight is 397 g/mol. The predicted molar refractivity (Wildman–Crippen MR) is 116 cm³/mol. The topological polar surface area (TPSA) is 68.2 Å². The highest BCUT2D eigenvalue weighted by atomic mass is 32.1. The first-order valence-electron chi connectivity index (χ1n) is 9.86. The van der Waals surface area contributed by atoms with Gasteiger partial charge in [0, 0.05) is 28.4 Å². The molecule has 0 saturated carbocycles. The third-order valence-electron chi connectivity index (χ3n) is 5.22. The van der Waals surface area contributed by atoms with Gasteiger partial charge >= 0.3 is 0 Å². The van der Waals surface area contributed by atoms with Crippen LogP contribution in [-0.4, -0.2) is 15.6 Å². The molecule has 2 aromatic heterocycles. The Balaban J connectivity index is 2.02. The Morgan fingerprint density at radius 2 is 1.89 bits per heavy atom. The van der Waals surface area contributed by atoms with Crippen LogP contribution in [0.15, 0.2) is 41.8 Å². The van der Waals surface area contributed by atoms with E-state index in [0.717, 1.165) is 60.3 Å². The van der Waals surface area contributed by atoms with Crippen LogP contribution in [-0.2, 0) is 19.4 Å². The minimum absolute atomic E-state index is 0.275. The summed E-state index contributed by atoms with van der Waals surface area (Å²) in [4.78, 5) is 13.4. The number of benzene rings is 1. The van der Waals surface area contributed by atoms with Gasteiger partial charge in [-0.05, 0) is 55.3 Å². The third kappa shape index (κ3) is 4.30. The summed E-state index contributed by atoms with van der Waals surface area (Å²) in [6, 6.07) is 11.4. The summed E-state index contributed by atoms with van der Waals surface area (Å²) in [5.41, 5.74) is 10.8. The lowest BCUT2D eigenvalue weighted by Gasteiger charge is -2.13. The van der Waals surface area contributed by atoms with Crippen molar-refractivity contribution in [3.05, 3.63) is 64.3 Å². The second-order valence-electron chi connectivity index (χ2n) is 7.15. The number of thiophene rings is 1. The lowest BCUT2D eigenvalue weighted by atomic mass is 10.0. The maximum absolute atomic E-state index is 12.3. The summed E-state index contributed by atoms with van der Waals surface area (Å²) in [6.45, 7) is 4.98. The molecule has 0 atom stereocenters. The summed E-state index contributed by atoms with van der Waals surface area (Å²) in [7, 11) is 0. The minimum Gasteiger partial charge on any atom is -0.508 e. The lowest BCUT2D eigenvalue weighted by molar-refractivity contribution is 0.1000. The van der Waals surface area contributed by atoms with Crippen molar-refractivity contribution in [2.24, 2.45) is 5.73 Å². The summed E-state index contributed by atoms with van der Waals surface area (Å²) >= 11 is 1.65. The molecule has 2 heterocycles. The van der Waals surface area contributed by atoms with Crippen molar-refractivity contribution >= 4 is 17.2 Å². The number of hydrogen-bond donors (Lipinski definition) is 2. The molecule has 1 amide bonds. The second-order valence-corrected chi connectivity index (χ2v) is 8.10. The Hall–Kier alpha value is -2.53. The van der Waals surface area contributed by atoms with E-state index in [2.05, 4.69) is 17.6 Å². The highest BCUT2D eigenvalue weighted by Gasteiger charge is 2.24. The molecule has 0 bridgehead atoms. The van der Waals surface area contributed by atoms with E-state index in [1.807, 2.05) is 30.5 Å². The van der Waals surface area contributed by atoms with Crippen LogP contribution < -0.4 is 5.73 Å². The van der Waals surface area contributed by atoms with E-state index in [1.54, 1.807) is 23.5 Å². The van der Waals surface area contributed by atoms with Gasteiger partial charge in [0.05, 0.1) is 5.56 Å². The van der Waals surface area contributed by atoms with Crippen LogP contribution in [0.5, 0.6) is 5.75 Å². The molecule has 5 heteroatoms. The quantitative estimate of drug-likeness (QED) is 0.482. The van der Waals surface area contributed by atoms with Crippen LogP contribution in [0.3, 0.4) is 0 Å². The molecular weight excluding hydrogens is 368 g/mol. The number of carbonyl (C=O) groups excluding carboxylic acids is 1. The number of primary amides is 1. The summed E-state index contributed by atoms with van der Waals surface area (Å²) in [5, 5.41) is 11.5. The molecule has 148 valence electrons. The van der Waals surface area contributed by atoms with E-state index >= 15 is 0 Å². The van der Waals surface area contributed by atoms with Gasteiger partial charge in [-0.15, -0.1) is 11.3 Å². The highest BCUT2D eigenvalue weighted by Crippen LogP contribution is 2.36. The fourth-order valence-electron chi connectivity index (χ4n) is 3.79. The van der Waals surface area contributed by atoms with Crippen LogP contribution in [0.25, 0.3) is 10.4 Å². The van der Waals surface area contributed by atoms with Crippen LogP contribution >= 0.6 is 11.3 Å². The first-order chi connectivity index (χ1) is 13.5. The molecule has 3 N–H and O–H groups in total. The highest BCUT2D eigenvalue weighted by molar-refractivity contribution is 7.13. The number of carbonyl (C=O) groups is 1. The zero-order valence-corrected chi connectivity index (χ0v) is 17.4. The van der Waals surface area contributed by atoms with Gasteiger partial charge in [0.2, 0.25) is 0 Å². The van der Waals surface area contributed by atoms with Gasteiger partial charge in [0.25, 0.3) is 5.91 Å². The molecule has 0 radical (unpaired) electrons.